The van der Waals surface area contributed by atoms with Gasteiger partial charge in [-0.1, -0.05) is 54.1 Å². The molecule has 3 aromatic carbocycles. The average molecular weight is 497 g/mol. The van der Waals surface area contributed by atoms with E-state index >= 15 is 0 Å². The Bertz CT molecular complexity index is 1540. The molecule has 0 radical (unpaired) electrons. The van der Waals surface area contributed by atoms with Crippen molar-refractivity contribution in [1.82, 2.24) is 14.8 Å². The number of carbonyl (C=O) groups is 1. The number of nitro benzene ring substituents is 1. The van der Waals surface area contributed by atoms with Gasteiger partial charge in [0.2, 0.25) is 5.95 Å². The van der Waals surface area contributed by atoms with Crippen LogP contribution in [0.15, 0.2) is 84.1 Å². The van der Waals surface area contributed by atoms with Gasteiger partial charge in [-0.05, 0) is 31.5 Å². The maximum atomic E-state index is 13.7. The minimum absolute atomic E-state index is 0.0846. The summed E-state index contributed by atoms with van der Waals surface area (Å²) in [7, 11) is 1.53. The van der Waals surface area contributed by atoms with Gasteiger partial charge in [0.25, 0.3) is 11.6 Å². The first kappa shape index (κ1) is 23.7. The number of nitrogens with zero attached hydrogens (tertiary/aromatic N) is 4. The van der Waals surface area contributed by atoms with Gasteiger partial charge in [0.15, 0.2) is 5.82 Å². The first-order chi connectivity index (χ1) is 17.9. The molecule has 0 aliphatic carbocycles. The van der Waals surface area contributed by atoms with Crippen LogP contribution in [0.1, 0.15) is 24.1 Å². The number of methoxy groups -OCH3 is 1. The predicted octanol–water partition coefficient (Wildman–Crippen LogP) is 5.10. The molecular formula is C27H24N6O4. The topological polar surface area (TPSA) is 124 Å². The highest BCUT2D eigenvalue weighted by atomic mass is 16.6. The zero-order valence-electron chi connectivity index (χ0n) is 20.4. The Morgan fingerprint density at radius 2 is 1.84 bits per heavy atom. The molecule has 0 saturated heterocycles. The van der Waals surface area contributed by atoms with Gasteiger partial charge in [0.1, 0.15) is 11.8 Å². The molecule has 0 fully saturated rings. The summed E-state index contributed by atoms with van der Waals surface area (Å²) in [5, 5.41) is 22.4. The number of anilines is 2. The molecule has 1 atom stereocenters. The van der Waals surface area contributed by atoms with Gasteiger partial charge in [-0.25, -0.2) is 4.68 Å². The van der Waals surface area contributed by atoms with Crippen LogP contribution in [0.4, 0.5) is 17.3 Å². The number of aryl methyl sites for hydroxylation is 1. The van der Waals surface area contributed by atoms with Crippen LogP contribution in [0.2, 0.25) is 0 Å². The smallest absolute Gasteiger partial charge is 0.269 e. The second kappa shape index (κ2) is 9.57. The van der Waals surface area contributed by atoms with Crippen molar-refractivity contribution >= 4 is 23.2 Å². The molecule has 1 amide bonds. The third-order valence-corrected chi connectivity index (χ3v) is 6.16. The number of nitro groups is 1. The molecule has 10 nitrogen and oxygen atoms in total. The van der Waals surface area contributed by atoms with Crippen molar-refractivity contribution in [1.29, 1.82) is 0 Å². The lowest BCUT2D eigenvalue weighted by molar-refractivity contribution is -0.384. The lowest BCUT2D eigenvalue weighted by Gasteiger charge is -2.28. The first-order valence-electron chi connectivity index (χ1n) is 11.6. The van der Waals surface area contributed by atoms with E-state index in [9.17, 15) is 14.9 Å². The zero-order chi connectivity index (χ0) is 26.1. The molecule has 1 aliphatic rings. The fourth-order valence-corrected chi connectivity index (χ4v) is 4.32. The number of nitrogens with one attached hydrogen (secondary N) is 2. The highest BCUT2D eigenvalue weighted by Gasteiger charge is 2.35. The third-order valence-electron chi connectivity index (χ3n) is 6.16. The van der Waals surface area contributed by atoms with Gasteiger partial charge in [0.05, 0.1) is 23.3 Å². The second-order valence-corrected chi connectivity index (χ2v) is 8.64. The lowest BCUT2D eigenvalue weighted by Crippen LogP contribution is -2.31. The van der Waals surface area contributed by atoms with E-state index in [-0.39, 0.29) is 5.69 Å². The Morgan fingerprint density at radius 1 is 1.08 bits per heavy atom. The van der Waals surface area contributed by atoms with Crippen LogP contribution in [0, 0.1) is 17.0 Å². The highest BCUT2D eigenvalue weighted by Crippen LogP contribution is 2.38. The third kappa shape index (κ3) is 4.52. The summed E-state index contributed by atoms with van der Waals surface area (Å²) in [4.78, 5) is 29.5. The number of allylic oxidation sites excluding steroid dienone is 1. The predicted molar refractivity (Wildman–Crippen MR) is 139 cm³/mol. The van der Waals surface area contributed by atoms with Crippen LogP contribution in [-0.2, 0) is 4.79 Å². The fraction of sp³-hybridized carbons (Fsp3) is 0.148. The van der Waals surface area contributed by atoms with Gasteiger partial charge in [-0.15, -0.1) is 5.10 Å². The highest BCUT2D eigenvalue weighted by molar-refractivity contribution is 6.06. The van der Waals surface area contributed by atoms with Crippen LogP contribution in [0.25, 0.3) is 11.4 Å². The van der Waals surface area contributed by atoms with Crippen molar-refractivity contribution in [3.05, 3.63) is 105 Å². The molecular weight excluding hydrogens is 472 g/mol. The van der Waals surface area contributed by atoms with Crippen LogP contribution in [0.5, 0.6) is 5.75 Å². The molecule has 1 unspecified atom stereocenters. The molecule has 4 aromatic rings. The zero-order valence-corrected chi connectivity index (χ0v) is 20.4. The number of para-hydroxylation sites is 2. The number of ether oxygens (including phenoxy) is 1. The quantitative estimate of drug-likeness (QED) is 0.281. The van der Waals surface area contributed by atoms with Crippen LogP contribution in [0.3, 0.4) is 0 Å². The van der Waals surface area contributed by atoms with E-state index in [1.165, 1.54) is 19.2 Å². The summed E-state index contributed by atoms with van der Waals surface area (Å²) in [6, 6.07) is 20.3. The monoisotopic (exact) mass is 496 g/mol. The van der Waals surface area contributed by atoms with E-state index in [0.29, 0.717) is 40.0 Å². The Labute approximate surface area is 212 Å². The maximum absolute atomic E-state index is 13.7. The fourth-order valence-electron chi connectivity index (χ4n) is 4.32. The molecule has 0 bridgehead atoms. The van der Waals surface area contributed by atoms with Gasteiger partial charge in [0, 0.05) is 23.4 Å². The van der Waals surface area contributed by atoms with Crippen molar-refractivity contribution in [2.75, 3.05) is 17.7 Å². The number of non-ortho nitro benzene ring substituents is 1. The van der Waals surface area contributed by atoms with Crippen LogP contribution in [-0.4, -0.2) is 32.7 Å². The van der Waals surface area contributed by atoms with Crippen LogP contribution < -0.4 is 15.4 Å². The summed E-state index contributed by atoms with van der Waals surface area (Å²) < 4.78 is 6.98. The number of carbonyl (C=O) groups excluding carboxylic acids is 1. The number of hydrogen-bond acceptors (Lipinski definition) is 7. The Balaban J connectivity index is 1.63. The van der Waals surface area contributed by atoms with Crippen molar-refractivity contribution in [2.45, 2.75) is 19.9 Å². The van der Waals surface area contributed by atoms with Gasteiger partial charge >= 0.3 is 0 Å². The lowest BCUT2D eigenvalue weighted by atomic mass is 9.94. The Hall–Kier alpha value is -4.99. The normalized spacial score (nSPS) is 14.5. The maximum Gasteiger partial charge on any atom is 0.269 e. The molecule has 0 spiro atoms. The number of hydrogen-bond donors (Lipinski definition) is 2. The Kier molecular flexibility index (Phi) is 6.14. The average Bonchev–Trinajstić information content (AvgIpc) is 3.32. The molecule has 2 N–H and O–H groups in total. The molecule has 1 aromatic heterocycles. The van der Waals surface area contributed by atoms with E-state index in [4.69, 9.17) is 9.84 Å². The second-order valence-electron chi connectivity index (χ2n) is 8.64. The van der Waals surface area contributed by atoms with Crippen molar-refractivity contribution in [3.8, 4) is 17.1 Å². The summed E-state index contributed by atoms with van der Waals surface area (Å²) in [6.45, 7) is 3.76. The van der Waals surface area contributed by atoms with E-state index in [0.717, 1.165) is 11.1 Å². The van der Waals surface area contributed by atoms with Gasteiger partial charge < -0.3 is 15.4 Å². The summed E-state index contributed by atoms with van der Waals surface area (Å²) in [5.74, 6) is 1.01. The number of fused-ring (bicyclic) bond motifs is 1. The molecule has 10 heteroatoms. The number of benzene rings is 3. The minimum atomic E-state index is -0.766. The molecule has 1 aliphatic heterocycles. The van der Waals surface area contributed by atoms with E-state index in [1.807, 2.05) is 31.2 Å². The minimum Gasteiger partial charge on any atom is -0.495 e. The number of aromatic nitrogens is 3. The van der Waals surface area contributed by atoms with E-state index < -0.39 is 16.9 Å². The van der Waals surface area contributed by atoms with Gasteiger partial charge in [-0.3, -0.25) is 14.9 Å². The number of amides is 1. The summed E-state index contributed by atoms with van der Waals surface area (Å²) in [5.41, 5.74) is 3.76. The van der Waals surface area contributed by atoms with Gasteiger partial charge in [-0.2, -0.15) is 4.98 Å². The molecule has 0 saturated carbocycles. The molecule has 5 rings (SSSR count). The largest absolute Gasteiger partial charge is 0.495 e. The molecule has 37 heavy (non-hydrogen) atoms. The van der Waals surface area contributed by atoms with Crippen molar-refractivity contribution < 1.29 is 14.5 Å². The molecule has 2 heterocycles. The van der Waals surface area contributed by atoms with Crippen LogP contribution >= 0.6 is 0 Å². The van der Waals surface area contributed by atoms with Crippen molar-refractivity contribution in [2.24, 2.45) is 0 Å². The van der Waals surface area contributed by atoms with Crippen molar-refractivity contribution in [3.63, 3.8) is 0 Å². The standard InChI is InChI=1S/C27H24N6O4/c1-16-11-13-18(14-12-16)25-30-27-28-17(2)23(26(34)29-21-9-4-5-10-22(21)37-3)24(32(27)31-25)19-7-6-8-20(15-19)33(35)36/h4-15,24H,1-3H3,(H,29,34)(H,28,30,31). The van der Waals surface area contributed by atoms with E-state index in [1.54, 1.807) is 48.0 Å². The SMILES string of the molecule is COc1ccccc1NC(=O)C1=C(C)Nc2nc(-c3ccc(C)cc3)nn2C1c1cccc([N+](=O)[O-])c1. The first-order valence-corrected chi connectivity index (χ1v) is 11.6. The van der Waals surface area contributed by atoms with E-state index in [2.05, 4.69) is 15.6 Å². The summed E-state index contributed by atoms with van der Waals surface area (Å²) >= 11 is 0. The number of rotatable bonds is 6. The summed E-state index contributed by atoms with van der Waals surface area (Å²) in [6.07, 6.45) is 0. The molecule has 186 valence electrons. The Morgan fingerprint density at radius 3 is 2.57 bits per heavy atom.